The van der Waals surface area contributed by atoms with Crippen molar-refractivity contribution in [2.75, 3.05) is 44.7 Å². The molecule has 4 heterocycles. The number of benzene rings is 2. The molecule has 8 nitrogen and oxygen atoms in total. The van der Waals surface area contributed by atoms with Gasteiger partial charge in [-0.05, 0) is 67.7 Å². The number of hydrogen-bond acceptors (Lipinski definition) is 8. The molecule has 0 unspecified atom stereocenters. The van der Waals surface area contributed by atoms with Crippen LogP contribution in [0.2, 0.25) is 0 Å². The molecular weight excluding hydrogens is 539 g/mol. The topological polar surface area (TPSA) is 85.6 Å². The van der Waals surface area contributed by atoms with Crippen LogP contribution in [0.5, 0.6) is 6.01 Å². The number of fused-ring (bicyclic) bond motifs is 2. The van der Waals surface area contributed by atoms with E-state index in [1.165, 1.54) is 12.1 Å². The van der Waals surface area contributed by atoms with E-state index in [2.05, 4.69) is 24.6 Å². The Kier molecular flexibility index (Phi) is 7.56. The van der Waals surface area contributed by atoms with Gasteiger partial charge in [0.15, 0.2) is 0 Å². The van der Waals surface area contributed by atoms with Gasteiger partial charge >= 0.3 is 6.01 Å². The molecule has 0 saturated carbocycles. The van der Waals surface area contributed by atoms with Crippen LogP contribution in [0.25, 0.3) is 32.1 Å². The lowest BCUT2D eigenvalue weighted by molar-refractivity contribution is -0.128. The van der Waals surface area contributed by atoms with Gasteiger partial charge in [-0.15, -0.1) is 11.3 Å². The lowest BCUT2D eigenvalue weighted by Gasteiger charge is -2.41. The number of rotatable bonds is 7. The molecular formula is C31H31FN6O2S. The van der Waals surface area contributed by atoms with Gasteiger partial charge < -0.3 is 19.4 Å². The maximum absolute atomic E-state index is 15.9. The lowest BCUT2D eigenvalue weighted by atomic mass is 9.99. The quantitative estimate of drug-likeness (QED) is 0.281. The smallest absolute Gasteiger partial charge is 0.319 e. The van der Waals surface area contributed by atoms with Gasteiger partial charge in [-0.25, -0.2) is 4.39 Å². The van der Waals surface area contributed by atoms with Crippen molar-refractivity contribution in [3.05, 3.63) is 60.3 Å². The summed E-state index contributed by atoms with van der Waals surface area (Å²) in [6, 6.07) is 13.6. The van der Waals surface area contributed by atoms with Crippen LogP contribution in [-0.4, -0.2) is 77.6 Å². The Bertz CT molecular complexity index is 1670. The molecule has 41 heavy (non-hydrogen) atoms. The Morgan fingerprint density at radius 2 is 2.07 bits per heavy atom. The van der Waals surface area contributed by atoms with Crippen molar-refractivity contribution in [3.8, 4) is 23.2 Å². The third-order valence-corrected chi connectivity index (χ3v) is 9.06. The van der Waals surface area contributed by atoms with E-state index in [0.717, 1.165) is 35.0 Å². The van der Waals surface area contributed by atoms with Crippen molar-refractivity contribution in [2.45, 2.75) is 31.3 Å². The number of piperazine rings is 1. The normalized spacial score (nSPS) is 19.5. The predicted octanol–water partition coefficient (Wildman–Crippen LogP) is 5.24. The molecule has 10 heteroatoms. The Labute approximate surface area is 242 Å². The minimum absolute atomic E-state index is 0.166. The molecule has 6 rings (SSSR count). The van der Waals surface area contributed by atoms with Crippen LogP contribution in [-0.2, 0) is 4.79 Å². The fraction of sp³-hybridized carbons (Fsp3) is 0.355. The number of anilines is 1. The van der Waals surface area contributed by atoms with Crippen molar-refractivity contribution in [1.82, 2.24) is 19.8 Å². The summed E-state index contributed by atoms with van der Waals surface area (Å²) in [5.74, 6) is -0.0330. The molecule has 2 aromatic heterocycles. The van der Waals surface area contributed by atoms with Crippen LogP contribution < -0.4 is 9.64 Å². The second kappa shape index (κ2) is 11.4. The van der Waals surface area contributed by atoms with E-state index in [9.17, 15) is 10.1 Å². The number of likely N-dealkylation sites (tertiary alicyclic amines) is 1. The highest BCUT2D eigenvalue weighted by atomic mass is 32.1. The summed E-state index contributed by atoms with van der Waals surface area (Å²) in [5, 5.41) is 13.0. The van der Waals surface area contributed by atoms with Crippen LogP contribution in [0.1, 0.15) is 19.3 Å². The van der Waals surface area contributed by atoms with E-state index in [1.54, 1.807) is 22.3 Å². The second-order valence-electron chi connectivity index (χ2n) is 10.6. The Balaban J connectivity index is 1.43. The minimum Gasteiger partial charge on any atom is -0.462 e. The van der Waals surface area contributed by atoms with Gasteiger partial charge in [-0.1, -0.05) is 18.7 Å². The van der Waals surface area contributed by atoms with Gasteiger partial charge in [-0.3, -0.25) is 4.79 Å². The first-order valence-electron chi connectivity index (χ1n) is 13.8. The summed E-state index contributed by atoms with van der Waals surface area (Å²) < 4.78 is 23.1. The lowest BCUT2D eigenvalue weighted by Crippen LogP contribution is -2.55. The van der Waals surface area contributed by atoms with Crippen LogP contribution in [0, 0.1) is 17.1 Å². The number of ether oxygens (including phenoxy) is 1. The molecule has 0 N–H and O–H groups in total. The van der Waals surface area contributed by atoms with E-state index in [-0.39, 0.29) is 36.2 Å². The number of amides is 1. The summed E-state index contributed by atoms with van der Waals surface area (Å²) in [6.45, 7) is 6.34. The molecule has 2 atom stereocenters. The van der Waals surface area contributed by atoms with Gasteiger partial charge in [-0.2, -0.15) is 15.2 Å². The Morgan fingerprint density at radius 1 is 1.20 bits per heavy atom. The van der Waals surface area contributed by atoms with E-state index < -0.39 is 0 Å². The van der Waals surface area contributed by atoms with Crippen molar-refractivity contribution in [1.29, 1.82) is 5.26 Å². The number of likely N-dealkylation sites (N-methyl/N-ethyl adjacent to an activating group) is 1. The molecule has 2 saturated heterocycles. The number of carbonyl (C=O) groups is 1. The monoisotopic (exact) mass is 570 g/mol. The van der Waals surface area contributed by atoms with Crippen molar-refractivity contribution in [3.63, 3.8) is 0 Å². The van der Waals surface area contributed by atoms with Crippen LogP contribution in [0.15, 0.2) is 54.4 Å². The number of nitrogens with zero attached hydrogens (tertiary/aromatic N) is 6. The molecule has 2 aliphatic heterocycles. The maximum atomic E-state index is 15.9. The summed E-state index contributed by atoms with van der Waals surface area (Å²) in [6.07, 6.45) is 3.61. The average molecular weight is 571 g/mol. The van der Waals surface area contributed by atoms with E-state index >= 15 is 4.39 Å². The number of thiophene rings is 1. The highest BCUT2D eigenvalue weighted by molar-refractivity contribution is 7.17. The molecule has 0 bridgehead atoms. The fourth-order valence-corrected chi connectivity index (χ4v) is 6.76. The molecule has 2 aliphatic rings. The first kappa shape index (κ1) is 27.1. The number of aromatic nitrogens is 2. The summed E-state index contributed by atoms with van der Waals surface area (Å²) >= 11 is 1.62. The summed E-state index contributed by atoms with van der Waals surface area (Å²) in [7, 11) is 2.09. The number of halogens is 1. The first-order chi connectivity index (χ1) is 20.0. The molecule has 0 aliphatic carbocycles. The SMILES string of the molecule is C=CC(=O)N1CCN(c2nc(OC[C@@H]3CCCN3C)nc3cc(-c4cccc5sccc45)c(F)cc23)C[C@@H]1CC#N. The van der Waals surface area contributed by atoms with Crippen LogP contribution >= 0.6 is 11.3 Å². The van der Waals surface area contributed by atoms with Crippen molar-refractivity contribution < 1.29 is 13.9 Å². The molecule has 0 radical (unpaired) electrons. The highest BCUT2D eigenvalue weighted by Gasteiger charge is 2.31. The van der Waals surface area contributed by atoms with E-state index in [4.69, 9.17) is 14.7 Å². The maximum Gasteiger partial charge on any atom is 0.319 e. The molecule has 2 aromatic carbocycles. The third kappa shape index (κ3) is 5.23. The Morgan fingerprint density at radius 3 is 2.85 bits per heavy atom. The molecule has 210 valence electrons. The molecule has 4 aromatic rings. The molecule has 1 amide bonds. The summed E-state index contributed by atoms with van der Waals surface area (Å²) in [5.41, 5.74) is 1.86. The second-order valence-corrected chi connectivity index (χ2v) is 11.6. The zero-order valence-electron chi connectivity index (χ0n) is 22.9. The van der Waals surface area contributed by atoms with Crippen molar-refractivity contribution in [2.24, 2.45) is 0 Å². The van der Waals surface area contributed by atoms with Gasteiger partial charge in [0.2, 0.25) is 5.91 Å². The predicted molar refractivity (Wildman–Crippen MR) is 160 cm³/mol. The van der Waals surface area contributed by atoms with Crippen LogP contribution in [0.4, 0.5) is 10.2 Å². The standard InChI is InChI=1S/C31H31FN6O2S/c1-3-29(39)38-14-13-37(18-20(38)9-11-33)30-25-16-26(32)24(22-7-4-8-28-23(22)10-15-41-28)17-27(25)34-31(35-30)40-19-21-6-5-12-36(21)2/h3-4,7-8,10,15-17,20-21H,1,5-6,9,12-14,18-19H2,2H3/t20-,21-/m0/s1. The van der Waals surface area contributed by atoms with E-state index in [0.29, 0.717) is 48.5 Å². The van der Waals surface area contributed by atoms with E-state index in [1.807, 2.05) is 34.5 Å². The minimum atomic E-state index is -0.364. The van der Waals surface area contributed by atoms with Gasteiger partial charge in [0.25, 0.3) is 0 Å². The highest BCUT2D eigenvalue weighted by Crippen LogP contribution is 2.37. The van der Waals surface area contributed by atoms with Crippen LogP contribution in [0.3, 0.4) is 0 Å². The van der Waals surface area contributed by atoms with Gasteiger partial charge in [0, 0.05) is 46.7 Å². The van der Waals surface area contributed by atoms with Crippen molar-refractivity contribution >= 4 is 44.1 Å². The van der Waals surface area contributed by atoms with Gasteiger partial charge in [0.05, 0.1) is 24.0 Å². The molecule has 2 fully saturated rings. The summed E-state index contributed by atoms with van der Waals surface area (Å²) in [4.78, 5) is 28.0. The number of carbonyl (C=O) groups excluding carboxylic acids is 1. The fourth-order valence-electron chi connectivity index (χ4n) is 5.95. The third-order valence-electron chi connectivity index (χ3n) is 8.17. The number of hydrogen-bond donors (Lipinski definition) is 0. The largest absolute Gasteiger partial charge is 0.462 e. The first-order valence-corrected chi connectivity index (χ1v) is 14.7. The zero-order chi connectivity index (χ0) is 28.5. The number of nitriles is 1. The zero-order valence-corrected chi connectivity index (χ0v) is 23.7. The molecule has 0 spiro atoms. The Hall–Kier alpha value is -4.07. The van der Waals surface area contributed by atoms with Gasteiger partial charge in [0.1, 0.15) is 18.2 Å². The average Bonchev–Trinajstić information content (AvgIpc) is 3.64.